The van der Waals surface area contributed by atoms with Crippen LogP contribution in [-0.2, 0) is 6.54 Å². The van der Waals surface area contributed by atoms with Crippen LogP contribution in [-0.4, -0.2) is 47.5 Å². The third kappa shape index (κ3) is 5.21. The van der Waals surface area contributed by atoms with E-state index in [-0.39, 0.29) is 0 Å². The molecule has 1 N–H and O–H groups in total. The van der Waals surface area contributed by atoms with Gasteiger partial charge in [0.25, 0.3) is 0 Å². The number of hydrogen-bond acceptors (Lipinski definition) is 4. The smallest absolute Gasteiger partial charge is 0.151 e. The first-order valence-corrected chi connectivity index (χ1v) is 11.5. The Morgan fingerprint density at radius 3 is 2.69 bits per heavy atom. The molecule has 0 aliphatic heterocycles. The number of hydrogen-bond donors (Lipinski definition) is 1. The fourth-order valence-corrected chi connectivity index (χ4v) is 4.21. The second-order valence-electron chi connectivity index (χ2n) is 7.82. The molecule has 0 radical (unpaired) electrons. The van der Waals surface area contributed by atoms with Gasteiger partial charge in [-0.1, -0.05) is 53.0 Å². The number of rotatable bonds is 8. The van der Waals surface area contributed by atoms with Crippen LogP contribution in [0.15, 0.2) is 54.7 Å². The fourth-order valence-electron chi connectivity index (χ4n) is 3.61. The van der Waals surface area contributed by atoms with E-state index in [0.717, 1.165) is 64.8 Å². The lowest BCUT2D eigenvalue weighted by Crippen LogP contribution is -2.22. The van der Waals surface area contributed by atoms with E-state index in [9.17, 15) is 0 Å². The molecule has 0 saturated carbocycles. The second kappa shape index (κ2) is 10.1. The Morgan fingerprint density at radius 1 is 1.06 bits per heavy atom. The molecule has 4 rings (SSSR count). The average molecular weight is 487 g/mol. The van der Waals surface area contributed by atoms with Gasteiger partial charge in [-0.05, 0) is 55.3 Å². The molecule has 0 saturated heterocycles. The van der Waals surface area contributed by atoms with Crippen molar-refractivity contribution in [2.45, 2.75) is 13.0 Å². The topological polar surface area (TPSA) is 45.5 Å². The molecule has 164 valence electrons. The number of fused-ring (bicyclic) bond motifs is 1. The number of nitrogens with one attached hydrogen (secondary N) is 1. The summed E-state index contributed by atoms with van der Waals surface area (Å²) in [6, 6.07) is 15.3. The minimum Gasteiger partial charge on any atom is -0.370 e. The monoisotopic (exact) mass is 485 g/mol. The van der Waals surface area contributed by atoms with Gasteiger partial charge in [-0.3, -0.25) is 0 Å². The summed E-state index contributed by atoms with van der Waals surface area (Å²) < 4.78 is 1.84. The molecule has 0 amide bonds. The zero-order valence-corrected chi connectivity index (χ0v) is 20.2. The Balaban J connectivity index is 1.44. The van der Waals surface area contributed by atoms with Crippen molar-refractivity contribution in [1.29, 1.82) is 0 Å². The van der Waals surface area contributed by atoms with Crippen LogP contribution in [0.25, 0.3) is 16.9 Å². The van der Waals surface area contributed by atoms with Crippen molar-refractivity contribution in [3.05, 3.63) is 75.4 Å². The maximum Gasteiger partial charge on any atom is 0.151 e. The van der Waals surface area contributed by atoms with E-state index in [1.54, 1.807) is 6.07 Å². The van der Waals surface area contributed by atoms with Gasteiger partial charge in [-0.25, -0.2) is 4.98 Å². The van der Waals surface area contributed by atoms with Crippen LogP contribution in [0.5, 0.6) is 0 Å². The van der Waals surface area contributed by atoms with Crippen LogP contribution in [0.3, 0.4) is 0 Å². The highest BCUT2D eigenvalue weighted by Crippen LogP contribution is 2.28. The van der Waals surface area contributed by atoms with Crippen molar-refractivity contribution in [2.75, 3.05) is 25.5 Å². The first-order chi connectivity index (χ1) is 15.4. The lowest BCUT2D eigenvalue weighted by atomic mass is 10.0. The lowest BCUT2D eigenvalue weighted by molar-refractivity contribution is 0.325. The normalized spacial score (nSPS) is 11.4. The minimum absolute atomic E-state index is 0.675. The summed E-state index contributed by atoms with van der Waals surface area (Å²) >= 11 is 18.8. The van der Waals surface area contributed by atoms with Gasteiger partial charge in [-0.2, -0.15) is 9.61 Å². The summed E-state index contributed by atoms with van der Waals surface area (Å²) in [5, 5.41) is 10.1. The first kappa shape index (κ1) is 22.9. The van der Waals surface area contributed by atoms with Crippen molar-refractivity contribution >= 4 is 59.6 Å². The number of halogens is 3. The predicted molar refractivity (Wildman–Crippen MR) is 138 cm³/mol. The predicted octanol–water partition coefficient (Wildman–Crippen LogP) is 4.55. The zero-order chi connectivity index (χ0) is 22.7. The SMILES string of the molecule is Bc1cnn2c(NCCCN(C)Cc3cc(Cl)ccc3Cl)cc(-c3ccccc3Cl)nc12. The number of aromatic nitrogens is 3. The Morgan fingerprint density at radius 2 is 1.88 bits per heavy atom. The van der Waals surface area contributed by atoms with Gasteiger partial charge < -0.3 is 10.2 Å². The highest BCUT2D eigenvalue weighted by Gasteiger charge is 2.12. The summed E-state index contributed by atoms with van der Waals surface area (Å²) in [4.78, 5) is 7.02. The molecule has 9 heteroatoms. The Bertz CT molecular complexity index is 1240. The molecule has 0 unspecified atom stereocenters. The summed E-state index contributed by atoms with van der Waals surface area (Å²) in [6.07, 6.45) is 2.77. The van der Waals surface area contributed by atoms with Crippen molar-refractivity contribution in [3.8, 4) is 11.3 Å². The molecule has 0 aliphatic carbocycles. The summed E-state index contributed by atoms with van der Waals surface area (Å²) in [5.74, 6) is 0.888. The van der Waals surface area contributed by atoms with E-state index in [1.165, 1.54) is 0 Å². The highest BCUT2D eigenvalue weighted by molar-refractivity contribution is 6.36. The zero-order valence-electron chi connectivity index (χ0n) is 17.9. The maximum atomic E-state index is 6.42. The van der Waals surface area contributed by atoms with Gasteiger partial charge in [0.15, 0.2) is 5.65 Å². The first-order valence-electron chi connectivity index (χ1n) is 10.4. The van der Waals surface area contributed by atoms with Crippen LogP contribution >= 0.6 is 34.8 Å². The molecule has 0 aliphatic rings. The van der Waals surface area contributed by atoms with E-state index in [0.29, 0.717) is 10.0 Å². The third-order valence-corrected chi connectivity index (χ3v) is 6.20. The van der Waals surface area contributed by atoms with Crippen LogP contribution in [0.1, 0.15) is 12.0 Å². The van der Waals surface area contributed by atoms with Gasteiger partial charge in [0, 0.05) is 46.0 Å². The molecule has 2 aromatic heterocycles. The second-order valence-corrected chi connectivity index (χ2v) is 9.07. The van der Waals surface area contributed by atoms with Gasteiger partial charge in [0.2, 0.25) is 0 Å². The molecule has 0 spiro atoms. The molecular weight excluding hydrogens is 463 g/mol. The van der Waals surface area contributed by atoms with Gasteiger partial charge in [0.05, 0.1) is 5.69 Å². The van der Waals surface area contributed by atoms with E-state index in [2.05, 4.69) is 22.4 Å². The van der Waals surface area contributed by atoms with E-state index >= 15 is 0 Å². The molecule has 2 aromatic carbocycles. The van der Waals surface area contributed by atoms with Gasteiger partial charge in [0.1, 0.15) is 13.7 Å². The molecule has 32 heavy (non-hydrogen) atoms. The standard InChI is InChI=1S/C23H23BCl3N5/c1-31(14-15-11-16(25)7-8-19(15)26)10-4-9-28-22-12-21(17-5-2-3-6-20(17)27)30-23-18(24)13-29-32(22)23/h2-3,5-8,11-13,28H,4,9-10,14,24H2,1H3. The van der Waals surface area contributed by atoms with Crippen molar-refractivity contribution in [1.82, 2.24) is 19.5 Å². The quantitative estimate of drug-likeness (QED) is 0.293. The van der Waals surface area contributed by atoms with Crippen LogP contribution in [0.2, 0.25) is 15.1 Å². The van der Waals surface area contributed by atoms with Crippen molar-refractivity contribution in [3.63, 3.8) is 0 Å². The molecule has 5 nitrogen and oxygen atoms in total. The Kier molecular flexibility index (Phi) is 7.26. The number of nitrogens with zero attached hydrogens (tertiary/aromatic N) is 4. The summed E-state index contributed by atoms with van der Waals surface area (Å²) in [5.41, 5.74) is 4.58. The molecule has 0 fully saturated rings. The molecule has 0 bridgehead atoms. The van der Waals surface area contributed by atoms with Crippen LogP contribution in [0.4, 0.5) is 5.82 Å². The van der Waals surface area contributed by atoms with Crippen molar-refractivity contribution < 1.29 is 0 Å². The molecule has 2 heterocycles. The van der Waals surface area contributed by atoms with E-state index in [4.69, 9.17) is 39.8 Å². The van der Waals surface area contributed by atoms with Crippen LogP contribution < -0.4 is 10.8 Å². The largest absolute Gasteiger partial charge is 0.370 e. The third-order valence-electron chi connectivity index (χ3n) is 5.27. The average Bonchev–Trinajstić information content (AvgIpc) is 3.15. The molecule has 4 aromatic rings. The summed E-state index contributed by atoms with van der Waals surface area (Å²) in [6.45, 7) is 2.43. The van der Waals surface area contributed by atoms with Crippen LogP contribution in [0, 0.1) is 0 Å². The van der Waals surface area contributed by atoms with E-state index in [1.807, 2.05) is 61.0 Å². The van der Waals surface area contributed by atoms with E-state index < -0.39 is 0 Å². The summed E-state index contributed by atoms with van der Waals surface area (Å²) in [7, 11) is 4.08. The number of anilines is 1. The fraction of sp³-hybridized carbons (Fsp3) is 0.217. The van der Waals surface area contributed by atoms with Crippen molar-refractivity contribution in [2.24, 2.45) is 0 Å². The lowest BCUT2D eigenvalue weighted by Gasteiger charge is -2.18. The Hall–Kier alpha value is -2.25. The maximum absolute atomic E-state index is 6.42. The number of benzene rings is 2. The van der Waals surface area contributed by atoms with Gasteiger partial charge in [-0.15, -0.1) is 0 Å². The minimum atomic E-state index is 0.675. The highest BCUT2D eigenvalue weighted by atomic mass is 35.5. The Labute approximate surface area is 203 Å². The molecular formula is C23H23BCl3N5. The molecule has 0 atom stereocenters. The van der Waals surface area contributed by atoms with Gasteiger partial charge >= 0.3 is 0 Å².